The van der Waals surface area contributed by atoms with Crippen molar-refractivity contribution in [3.8, 4) is 33.4 Å². The average molecular weight is 594 g/mol. The number of hydrogen-bond acceptors (Lipinski definition) is 4. The Balaban J connectivity index is 1.39. The highest BCUT2D eigenvalue weighted by atomic mass is 35.5. The lowest BCUT2D eigenvalue weighted by molar-refractivity contribution is 0.320. The Morgan fingerprint density at radius 2 is 1.60 bits per heavy atom. The summed E-state index contributed by atoms with van der Waals surface area (Å²) in [5.74, 6) is 3.88. The molecule has 2 aromatic heterocycles. The summed E-state index contributed by atoms with van der Waals surface area (Å²) in [5, 5.41) is 10.9. The van der Waals surface area contributed by atoms with Gasteiger partial charge in [0, 0.05) is 31.0 Å². The molecule has 0 fully saturated rings. The molecular formula is C32H23ClF3NOS2. The lowest BCUT2D eigenvalue weighted by atomic mass is 10.00. The molecule has 0 unspecified atom stereocenters. The van der Waals surface area contributed by atoms with Gasteiger partial charge >= 0.3 is 0 Å². The molecule has 3 aromatic carbocycles. The van der Waals surface area contributed by atoms with Crippen LogP contribution in [0.1, 0.15) is 47.4 Å². The van der Waals surface area contributed by atoms with Gasteiger partial charge in [-0.25, -0.2) is 13.2 Å². The van der Waals surface area contributed by atoms with E-state index in [9.17, 15) is 13.2 Å². The number of oxime groups is 1. The van der Waals surface area contributed by atoms with Crippen LogP contribution in [0.15, 0.2) is 65.8 Å². The van der Waals surface area contributed by atoms with E-state index in [1.807, 2.05) is 42.5 Å². The molecule has 40 heavy (non-hydrogen) atoms. The van der Waals surface area contributed by atoms with Crippen molar-refractivity contribution in [1.82, 2.24) is 0 Å². The van der Waals surface area contributed by atoms with E-state index in [0.29, 0.717) is 5.56 Å². The predicted molar refractivity (Wildman–Crippen MR) is 160 cm³/mol. The molecule has 0 aliphatic rings. The topological polar surface area (TPSA) is 32.6 Å². The molecule has 0 aliphatic heterocycles. The summed E-state index contributed by atoms with van der Waals surface area (Å²) in [4.78, 5) is 1.86. The van der Waals surface area contributed by atoms with Gasteiger partial charge in [0.1, 0.15) is 17.5 Å². The van der Waals surface area contributed by atoms with Crippen LogP contribution in [0.5, 0.6) is 0 Å². The van der Waals surface area contributed by atoms with Gasteiger partial charge in [-0.2, -0.15) is 0 Å². The zero-order valence-corrected chi connectivity index (χ0v) is 24.0. The molecule has 0 spiro atoms. The van der Waals surface area contributed by atoms with Crippen LogP contribution in [-0.2, 0) is 12.8 Å². The molecule has 0 saturated heterocycles. The van der Waals surface area contributed by atoms with Crippen LogP contribution >= 0.6 is 34.3 Å². The van der Waals surface area contributed by atoms with E-state index in [1.165, 1.54) is 11.3 Å². The summed E-state index contributed by atoms with van der Waals surface area (Å²) in [5.41, 5.74) is 3.31. The molecular weight excluding hydrogens is 571 g/mol. The van der Waals surface area contributed by atoms with E-state index < -0.39 is 22.4 Å². The fourth-order valence-electron chi connectivity index (χ4n) is 4.58. The van der Waals surface area contributed by atoms with Crippen molar-refractivity contribution >= 4 is 48.8 Å². The molecule has 5 rings (SSSR count). The Morgan fingerprint density at radius 3 is 2.25 bits per heavy atom. The Hall–Kier alpha value is -3.57. The highest BCUT2D eigenvalue weighted by Crippen LogP contribution is 2.39. The highest BCUT2D eigenvalue weighted by molar-refractivity contribution is 7.29. The number of halogens is 4. The maximum Gasteiger partial charge on any atom is 0.181 e. The fourth-order valence-corrected chi connectivity index (χ4v) is 7.00. The summed E-state index contributed by atoms with van der Waals surface area (Å²) in [6.07, 6.45) is 2.10. The summed E-state index contributed by atoms with van der Waals surface area (Å²) < 4.78 is 46.2. The fraction of sp³-hybridized carbons (Fsp3) is 0.156. The first kappa shape index (κ1) is 28.0. The first-order valence-electron chi connectivity index (χ1n) is 12.7. The van der Waals surface area contributed by atoms with Gasteiger partial charge < -0.3 is 5.21 Å². The quantitative estimate of drug-likeness (QED) is 0.0903. The number of nitrogens with zero attached hydrogens (tertiary/aromatic N) is 1. The van der Waals surface area contributed by atoms with Crippen LogP contribution in [0.3, 0.4) is 0 Å². The van der Waals surface area contributed by atoms with Crippen molar-refractivity contribution < 1.29 is 18.4 Å². The van der Waals surface area contributed by atoms with Gasteiger partial charge in [-0.1, -0.05) is 85.3 Å². The lowest BCUT2D eigenvalue weighted by Crippen LogP contribution is -2.07. The van der Waals surface area contributed by atoms with Crippen molar-refractivity contribution in [2.24, 2.45) is 5.16 Å². The minimum atomic E-state index is -0.944. The van der Waals surface area contributed by atoms with Gasteiger partial charge in [0.05, 0.1) is 10.4 Å². The second-order valence-electron chi connectivity index (χ2n) is 9.16. The number of rotatable bonds is 6. The first-order valence-corrected chi connectivity index (χ1v) is 14.7. The van der Waals surface area contributed by atoms with E-state index in [4.69, 9.17) is 16.8 Å². The van der Waals surface area contributed by atoms with E-state index >= 15 is 0 Å². The van der Waals surface area contributed by atoms with E-state index in [0.717, 1.165) is 54.8 Å². The predicted octanol–water partition coefficient (Wildman–Crippen LogP) is 10.0. The van der Waals surface area contributed by atoms with Gasteiger partial charge in [0.25, 0.3) is 0 Å². The van der Waals surface area contributed by atoms with Crippen LogP contribution in [0.4, 0.5) is 13.2 Å². The van der Waals surface area contributed by atoms with E-state index in [2.05, 4.69) is 30.0 Å². The lowest BCUT2D eigenvalue weighted by Gasteiger charge is -2.09. The molecule has 2 nitrogen and oxygen atoms in total. The maximum atomic E-state index is 14.9. The minimum absolute atomic E-state index is 0.201. The van der Waals surface area contributed by atoms with Crippen molar-refractivity contribution in [1.29, 1.82) is 0 Å². The van der Waals surface area contributed by atoms with Crippen LogP contribution in [0.25, 0.3) is 31.0 Å². The number of fused-ring (bicyclic) bond motifs is 1. The smallest absolute Gasteiger partial charge is 0.181 e. The molecule has 0 atom stereocenters. The monoisotopic (exact) mass is 593 g/mol. The third kappa shape index (κ3) is 5.53. The van der Waals surface area contributed by atoms with Crippen LogP contribution < -0.4 is 0 Å². The standard InChI is InChI=1S/C32H23ClF3NOS2/c1-3-5-18-6-13-24(25(34)14-18)19-7-9-20(10-8-19)27-17-29-28(40-27)16-22(39-29)12-11-21-15-26(35)30(32(33)37-38)31(36)23(21)4-2/h6-10,13-17,38H,3-5H2,1-2H3/b37-32-. The van der Waals surface area contributed by atoms with Crippen molar-refractivity contribution in [2.45, 2.75) is 33.1 Å². The number of hydrogen-bond donors (Lipinski definition) is 1. The number of benzene rings is 3. The second-order valence-corrected chi connectivity index (χ2v) is 11.7. The highest BCUT2D eigenvalue weighted by Gasteiger charge is 2.20. The Bertz CT molecular complexity index is 1780. The Labute approximate surface area is 243 Å². The SMILES string of the molecule is CCCc1ccc(-c2ccc(-c3cc4sc(C#Cc5cc(F)c(/C(Cl)=N/O)c(F)c5CC)cc4s3)cc2)c(F)c1. The van der Waals surface area contributed by atoms with Crippen molar-refractivity contribution in [3.05, 3.63) is 105 Å². The third-order valence-corrected chi connectivity index (χ3v) is 9.07. The molecule has 0 saturated carbocycles. The van der Waals surface area contributed by atoms with Crippen LogP contribution in [0, 0.1) is 29.3 Å². The van der Waals surface area contributed by atoms with Gasteiger partial charge in [-0.3, -0.25) is 0 Å². The molecule has 8 heteroatoms. The summed E-state index contributed by atoms with van der Waals surface area (Å²) in [6, 6.07) is 18.5. The molecule has 1 N–H and O–H groups in total. The summed E-state index contributed by atoms with van der Waals surface area (Å²) >= 11 is 8.80. The average Bonchev–Trinajstić information content (AvgIpc) is 3.51. The third-order valence-electron chi connectivity index (χ3n) is 6.55. The van der Waals surface area contributed by atoms with Crippen molar-refractivity contribution in [3.63, 3.8) is 0 Å². The summed E-state index contributed by atoms with van der Waals surface area (Å²) in [7, 11) is 0. The van der Waals surface area contributed by atoms with Gasteiger partial charge in [0.2, 0.25) is 0 Å². The van der Waals surface area contributed by atoms with Gasteiger partial charge in [-0.05, 0) is 53.8 Å². The first-order chi connectivity index (χ1) is 19.3. The second kappa shape index (κ2) is 11.9. The molecule has 0 aliphatic carbocycles. The Kier molecular flexibility index (Phi) is 8.32. The molecule has 202 valence electrons. The van der Waals surface area contributed by atoms with Gasteiger partial charge in [0.15, 0.2) is 5.17 Å². The number of thiophene rings is 2. The number of aryl methyl sites for hydroxylation is 1. The molecule has 2 heterocycles. The van der Waals surface area contributed by atoms with E-state index in [1.54, 1.807) is 24.3 Å². The Morgan fingerprint density at radius 1 is 0.875 bits per heavy atom. The maximum absolute atomic E-state index is 14.9. The minimum Gasteiger partial charge on any atom is -0.410 e. The van der Waals surface area contributed by atoms with Crippen molar-refractivity contribution in [2.75, 3.05) is 0 Å². The van der Waals surface area contributed by atoms with Crippen LogP contribution in [-0.4, -0.2) is 10.4 Å². The molecule has 0 radical (unpaired) electrons. The normalized spacial score (nSPS) is 11.6. The molecule has 0 bridgehead atoms. The zero-order valence-electron chi connectivity index (χ0n) is 21.6. The van der Waals surface area contributed by atoms with E-state index in [-0.39, 0.29) is 23.4 Å². The van der Waals surface area contributed by atoms with Gasteiger partial charge in [-0.15, -0.1) is 22.7 Å². The largest absolute Gasteiger partial charge is 0.410 e. The zero-order chi connectivity index (χ0) is 28.4. The summed E-state index contributed by atoms with van der Waals surface area (Å²) in [6.45, 7) is 3.80. The molecule has 5 aromatic rings. The van der Waals surface area contributed by atoms with Crippen LogP contribution in [0.2, 0.25) is 0 Å². The molecule has 0 amide bonds.